The monoisotopic (exact) mass is 507 g/mol. The zero-order chi connectivity index (χ0) is 23.4. The fourth-order valence-corrected chi connectivity index (χ4v) is 5.11. The number of ether oxygens (including phenoxy) is 2. The van der Waals surface area contributed by atoms with E-state index in [9.17, 15) is 4.79 Å². The van der Waals surface area contributed by atoms with Crippen LogP contribution in [0.15, 0.2) is 66.1 Å². The Morgan fingerprint density at radius 3 is 2.79 bits per heavy atom. The van der Waals surface area contributed by atoms with Crippen LogP contribution in [0.4, 0.5) is 4.79 Å². The molecule has 1 amide bonds. The molecule has 174 valence electrons. The second-order valence-corrected chi connectivity index (χ2v) is 9.65. The molecule has 0 radical (unpaired) electrons. The van der Waals surface area contributed by atoms with E-state index < -0.39 is 11.9 Å². The number of nitrogens with one attached hydrogen (secondary N) is 1. The van der Waals surface area contributed by atoms with Gasteiger partial charge in [0, 0.05) is 33.6 Å². The maximum absolute atomic E-state index is 10.8. The van der Waals surface area contributed by atoms with E-state index in [-0.39, 0.29) is 12.1 Å². The van der Waals surface area contributed by atoms with E-state index in [4.69, 9.17) is 37.8 Å². The molecule has 3 atom stereocenters. The van der Waals surface area contributed by atoms with E-state index in [2.05, 4.69) is 10.3 Å². The molecule has 0 saturated carbocycles. The molecule has 1 fully saturated rings. The molecule has 1 saturated heterocycles. The summed E-state index contributed by atoms with van der Waals surface area (Å²) in [4.78, 5) is 16.0. The van der Waals surface area contributed by atoms with Crippen LogP contribution in [0.3, 0.4) is 0 Å². The summed E-state index contributed by atoms with van der Waals surface area (Å²) in [5.74, 6) is -0.367. The topological polar surface area (TPSA) is 85.6 Å². The highest BCUT2D eigenvalue weighted by molar-refractivity contribution is 7.99. The van der Waals surface area contributed by atoms with Gasteiger partial charge >= 0.3 is 6.09 Å². The summed E-state index contributed by atoms with van der Waals surface area (Å²) in [5.41, 5.74) is 1.62. The first kappa shape index (κ1) is 23.9. The normalized spacial score (nSPS) is 21.1. The van der Waals surface area contributed by atoms with Crippen LogP contribution in [-0.4, -0.2) is 39.2 Å². The number of amides is 1. The second-order valence-electron chi connectivity index (χ2n) is 7.71. The van der Waals surface area contributed by atoms with E-state index in [1.807, 2.05) is 48.0 Å². The van der Waals surface area contributed by atoms with Gasteiger partial charge in [0.25, 0.3) is 0 Å². The maximum Gasteiger partial charge on any atom is 0.405 e. The molecule has 1 aliphatic rings. The molecule has 33 heavy (non-hydrogen) atoms. The molecule has 3 unspecified atom stereocenters. The molecule has 1 aliphatic heterocycles. The van der Waals surface area contributed by atoms with Crippen molar-refractivity contribution in [1.29, 1.82) is 0 Å². The zero-order valence-corrected chi connectivity index (χ0v) is 20.1. The van der Waals surface area contributed by atoms with Gasteiger partial charge in [-0.05, 0) is 36.8 Å². The molecule has 1 aromatic heterocycles. The van der Waals surface area contributed by atoms with Gasteiger partial charge in [0.1, 0.15) is 0 Å². The van der Waals surface area contributed by atoms with Crippen molar-refractivity contribution in [3.8, 4) is 0 Å². The average Bonchev–Trinajstić information content (AvgIpc) is 3.43. The Hall–Kier alpha value is -2.23. The number of hydrogen-bond donors (Lipinski definition) is 2. The molecular weight excluding hydrogens is 485 g/mol. The standard InChI is InChI=1S/C23H23Cl2N3O4S/c1-15(27-22(29)30)16-2-5-19(6-3-16)33-12-18-11-31-23(32-18,13-28-9-8-26-14-28)20-7-4-17(24)10-21(20)25/h2-10,14-15,18,27H,11-13H2,1H3,(H,29,30). The predicted octanol–water partition coefficient (Wildman–Crippen LogP) is 5.58. The lowest BCUT2D eigenvalue weighted by molar-refractivity contribution is -0.184. The fourth-order valence-electron chi connectivity index (χ4n) is 3.69. The minimum atomic E-state index is -1.05. The van der Waals surface area contributed by atoms with Crippen LogP contribution in [0.25, 0.3) is 0 Å². The number of rotatable bonds is 8. The Labute approximate surface area is 206 Å². The first-order chi connectivity index (χ1) is 15.8. The smallest absolute Gasteiger partial charge is 0.405 e. The van der Waals surface area contributed by atoms with Crippen LogP contribution in [-0.2, 0) is 21.8 Å². The predicted molar refractivity (Wildman–Crippen MR) is 128 cm³/mol. The van der Waals surface area contributed by atoms with Gasteiger partial charge in [-0.25, -0.2) is 9.78 Å². The van der Waals surface area contributed by atoms with Crippen molar-refractivity contribution in [3.05, 3.63) is 82.4 Å². The van der Waals surface area contributed by atoms with Crippen LogP contribution in [0, 0.1) is 0 Å². The maximum atomic E-state index is 10.8. The fraction of sp³-hybridized carbons (Fsp3) is 0.304. The number of nitrogens with zero attached hydrogens (tertiary/aromatic N) is 2. The van der Waals surface area contributed by atoms with Gasteiger partial charge in [-0.15, -0.1) is 11.8 Å². The van der Waals surface area contributed by atoms with Crippen molar-refractivity contribution in [2.45, 2.75) is 36.3 Å². The first-order valence-corrected chi connectivity index (χ1v) is 12.0. The van der Waals surface area contributed by atoms with Crippen LogP contribution in [0.2, 0.25) is 10.0 Å². The molecule has 0 bridgehead atoms. The molecule has 3 aromatic rings. The lowest BCUT2D eigenvalue weighted by Crippen LogP contribution is -2.34. The lowest BCUT2D eigenvalue weighted by atomic mass is 10.1. The summed E-state index contributed by atoms with van der Waals surface area (Å²) in [7, 11) is 0. The van der Waals surface area contributed by atoms with Crippen LogP contribution in [0.1, 0.15) is 24.1 Å². The van der Waals surface area contributed by atoms with Crippen molar-refractivity contribution in [2.75, 3.05) is 12.4 Å². The van der Waals surface area contributed by atoms with Crippen molar-refractivity contribution >= 4 is 41.1 Å². The van der Waals surface area contributed by atoms with Crippen LogP contribution in [0.5, 0.6) is 0 Å². The third-order valence-corrected chi connectivity index (χ3v) is 7.00. The Bertz CT molecular complexity index is 1100. The molecule has 2 heterocycles. The Morgan fingerprint density at radius 2 is 2.12 bits per heavy atom. The summed E-state index contributed by atoms with van der Waals surface area (Å²) in [6.07, 6.45) is 4.07. The van der Waals surface area contributed by atoms with E-state index >= 15 is 0 Å². The summed E-state index contributed by atoms with van der Waals surface area (Å²) in [6.45, 7) is 2.62. The van der Waals surface area contributed by atoms with Crippen LogP contribution < -0.4 is 5.32 Å². The number of halogens is 2. The molecule has 4 rings (SSSR count). The van der Waals surface area contributed by atoms with Crippen molar-refractivity contribution in [1.82, 2.24) is 14.9 Å². The molecule has 2 aromatic carbocycles. The number of aromatic nitrogens is 2. The first-order valence-electron chi connectivity index (χ1n) is 10.3. The van der Waals surface area contributed by atoms with Gasteiger partial charge < -0.3 is 24.5 Å². The molecular formula is C23H23Cl2N3O4S. The number of carbonyl (C=O) groups is 1. The summed E-state index contributed by atoms with van der Waals surface area (Å²) < 4.78 is 14.6. The van der Waals surface area contributed by atoms with Gasteiger partial charge in [-0.1, -0.05) is 41.4 Å². The van der Waals surface area contributed by atoms with Gasteiger partial charge in [-0.2, -0.15) is 0 Å². The van der Waals surface area contributed by atoms with E-state index in [1.165, 1.54) is 0 Å². The number of benzene rings is 2. The molecule has 0 spiro atoms. The van der Waals surface area contributed by atoms with Gasteiger partial charge in [0.2, 0.25) is 5.79 Å². The molecule has 7 nitrogen and oxygen atoms in total. The Balaban J connectivity index is 1.44. The van der Waals surface area contributed by atoms with E-state index in [1.54, 1.807) is 36.4 Å². The van der Waals surface area contributed by atoms with Crippen molar-refractivity contribution in [2.24, 2.45) is 0 Å². The summed E-state index contributed by atoms with van der Waals surface area (Å²) >= 11 is 14.3. The highest BCUT2D eigenvalue weighted by Gasteiger charge is 2.45. The van der Waals surface area contributed by atoms with E-state index in [0.29, 0.717) is 28.9 Å². The van der Waals surface area contributed by atoms with Gasteiger partial charge in [-0.3, -0.25) is 0 Å². The van der Waals surface area contributed by atoms with Gasteiger partial charge in [0.05, 0.1) is 36.6 Å². The number of imidazole rings is 1. The second kappa shape index (κ2) is 10.4. The zero-order valence-electron chi connectivity index (χ0n) is 17.8. The highest BCUT2D eigenvalue weighted by Crippen LogP contribution is 2.41. The highest BCUT2D eigenvalue weighted by atomic mass is 35.5. The third kappa shape index (κ3) is 5.83. The average molecular weight is 508 g/mol. The number of carboxylic acid groups (broad SMARTS) is 1. The SMILES string of the molecule is CC(NC(=O)O)c1ccc(SCC2COC(Cn3ccnc3)(c3ccc(Cl)cc3Cl)O2)cc1. The van der Waals surface area contributed by atoms with Gasteiger partial charge in [0.15, 0.2) is 0 Å². The minimum Gasteiger partial charge on any atom is -0.465 e. The largest absolute Gasteiger partial charge is 0.465 e. The third-order valence-electron chi connectivity index (χ3n) is 5.31. The van der Waals surface area contributed by atoms with E-state index in [0.717, 1.165) is 16.0 Å². The quantitative estimate of drug-likeness (QED) is 0.387. The van der Waals surface area contributed by atoms with Crippen LogP contribution >= 0.6 is 35.0 Å². The lowest BCUT2D eigenvalue weighted by Gasteiger charge is -2.30. The minimum absolute atomic E-state index is 0.155. The Kier molecular flexibility index (Phi) is 7.51. The van der Waals surface area contributed by atoms with Crippen molar-refractivity contribution in [3.63, 3.8) is 0 Å². The molecule has 0 aliphatic carbocycles. The van der Waals surface area contributed by atoms with Crippen molar-refractivity contribution < 1.29 is 19.4 Å². The number of hydrogen-bond acceptors (Lipinski definition) is 5. The Morgan fingerprint density at radius 1 is 1.33 bits per heavy atom. The molecule has 2 N–H and O–H groups in total. The summed E-state index contributed by atoms with van der Waals surface area (Å²) in [6, 6.07) is 12.8. The summed E-state index contributed by atoms with van der Waals surface area (Å²) in [5, 5.41) is 12.4. The molecule has 10 heteroatoms. The number of thioether (sulfide) groups is 1.